The smallest absolute Gasteiger partial charge is 0.0948 e. The molecular formula is C17H26N4. The number of imidazole rings is 1. The highest BCUT2D eigenvalue weighted by molar-refractivity contribution is 5.15. The topological polar surface area (TPSA) is 47.1 Å². The maximum absolute atomic E-state index is 6.08. The molecule has 1 unspecified atom stereocenters. The Morgan fingerprint density at radius 2 is 2.00 bits per heavy atom. The first-order valence-corrected chi connectivity index (χ1v) is 7.78. The van der Waals surface area contributed by atoms with E-state index in [0.29, 0.717) is 6.54 Å². The molecule has 0 spiro atoms. The largest absolute Gasteiger partial charge is 0.333 e. The van der Waals surface area contributed by atoms with Crippen molar-refractivity contribution in [3.05, 3.63) is 54.1 Å². The SMILES string of the molecule is CCCn1cncc1C(CN)N(CC)Cc1ccccc1. The van der Waals surface area contributed by atoms with Crippen molar-refractivity contribution in [3.8, 4) is 0 Å². The van der Waals surface area contributed by atoms with Gasteiger partial charge in [-0.15, -0.1) is 0 Å². The molecule has 0 fully saturated rings. The number of benzene rings is 1. The van der Waals surface area contributed by atoms with Crippen LogP contribution in [-0.2, 0) is 13.1 Å². The fourth-order valence-electron chi connectivity index (χ4n) is 2.75. The van der Waals surface area contributed by atoms with Crippen LogP contribution < -0.4 is 5.73 Å². The van der Waals surface area contributed by atoms with Crippen molar-refractivity contribution in [2.75, 3.05) is 13.1 Å². The predicted octanol–water partition coefficient (Wildman–Crippen LogP) is 2.82. The Balaban J connectivity index is 2.19. The molecule has 4 nitrogen and oxygen atoms in total. The average Bonchev–Trinajstić information content (AvgIpc) is 2.96. The second-order valence-electron chi connectivity index (χ2n) is 5.31. The molecular weight excluding hydrogens is 260 g/mol. The van der Waals surface area contributed by atoms with Crippen LogP contribution in [0, 0.1) is 0 Å². The van der Waals surface area contributed by atoms with E-state index in [2.05, 4.69) is 58.6 Å². The molecule has 0 aliphatic heterocycles. The summed E-state index contributed by atoms with van der Waals surface area (Å²) in [6.45, 7) is 7.85. The molecule has 1 aromatic heterocycles. The number of hydrogen-bond acceptors (Lipinski definition) is 3. The number of hydrogen-bond donors (Lipinski definition) is 1. The highest BCUT2D eigenvalue weighted by Gasteiger charge is 2.21. The first-order valence-electron chi connectivity index (χ1n) is 7.78. The van der Waals surface area contributed by atoms with Crippen LogP contribution in [0.15, 0.2) is 42.9 Å². The normalized spacial score (nSPS) is 12.8. The van der Waals surface area contributed by atoms with E-state index in [-0.39, 0.29) is 6.04 Å². The molecule has 0 bridgehead atoms. The third-order valence-electron chi connectivity index (χ3n) is 3.85. The summed E-state index contributed by atoms with van der Waals surface area (Å²) in [4.78, 5) is 6.73. The lowest BCUT2D eigenvalue weighted by molar-refractivity contribution is 0.195. The van der Waals surface area contributed by atoms with Gasteiger partial charge in [-0.1, -0.05) is 44.2 Å². The number of aryl methyl sites for hydroxylation is 1. The molecule has 4 heteroatoms. The quantitative estimate of drug-likeness (QED) is 0.811. The summed E-state index contributed by atoms with van der Waals surface area (Å²) in [5.74, 6) is 0. The standard InChI is InChI=1S/C17H26N4/c1-3-10-21-14-19-12-17(21)16(11-18)20(4-2)13-15-8-6-5-7-9-15/h5-9,12,14,16H,3-4,10-11,13,18H2,1-2H3. The first kappa shape index (κ1) is 15.7. The van der Waals surface area contributed by atoms with Gasteiger partial charge in [0.25, 0.3) is 0 Å². The van der Waals surface area contributed by atoms with Crippen molar-refractivity contribution < 1.29 is 0 Å². The minimum absolute atomic E-state index is 0.212. The molecule has 0 saturated heterocycles. The summed E-state index contributed by atoms with van der Waals surface area (Å²) in [5.41, 5.74) is 8.61. The summed E-state index contributed by atoms with van der Waals surface area (Å²) in [5, 5.41) is 0. The van der Waals surface area contributed by atoms with Crippen LogP contribution in [0.4, 0.5) is 0 Å². The van der Waals surface area contributed by atoms with E-state index in [1.54, 1.807) is 0 Å². The second-order valence-corrected chi connectivity index (χ2v) is 5.31. The van der Waals surface area contributed by atoms with Gasteiger partial charge in [0.15, 0.2) is 0 Å². The minimum Gasteiger partial charge on any atom is -0.333 e. The summed E-state index contributed by atoms with van der Waals surface area (Å²) in [6.07, 6.45) is 4.98. The highest BCUT2D eigenvalue weighted by atomic mass is 15.2. The van der Waals surface area contributed by atoms with Gasteiger partial charge in [-0.25, -0.2) is 4.98 Å². The monoisotopic (exact) mass is 286 g/mol. The number of nitrogens with two attached hydrogens (primary N) is 1. The van der Waals surface area contributed by atoms with Crippen molar-refractivity contribution in [2.24, 2.45) is 5.73 Å². The zero-order valence-corrected chi connectivity index (χ0v) is 13.1. The lowest BCUT2D eigenvalue weighted by Crippen LogP contribution is -2.34. The van der Waals surface area contributed by atoms with Gasteiger partial charge >= 0.3 is 0 Å². The van der Waals surface area contributed by atoms with Crippen LogP contribution in [0.3, 0.4) is 0 Å². The molecule has 21 heavy (non-hydrogen) atoms. The van der Waals surface area contributed by atoms with E-state index < -0.39 is 0 Å². The Hall–Kier alpha value is -1.65. The van der Waals surface area contributed by atoms with Crippen LogP contribution in [0.1, 0.15) is 37.6 Å². The van der Waals surface area contributed by atoms with Crippen molar-refractivity contribution in [1.29, 1.82) is 0 Å². The fourth-order valence-corrected chi connectivity index (χ4v) is 2.75. The molecule has 2 rings (SSSR count). The van der Waals surface area contributed by atoms with Crippen LogP contribution in [0.5, 0.6) is 0 Å². The molecule has 0 aliphatic rings. The second kappa shape index (κ2) is 7.96. The van der Waals surface area contributed by atoms with Crippen LogP contribution in [0.25, 0.3) is 0 Å². The lowest BCUT2D eigenvalue weighted by atomic mass is 10.1. The van der Waals surface area contributed by atoms with Crippen molar-refractivity contribution in [1.82, 2.24) is 14.5 Å². The summed E-state index contributed by atoms with van der Waals surface area (Å²) < 4.78 is 2.23. The zero-order chi connectivity index (χ0) is 15.1. The fraction of sp³-hybridized carbons (Fsp3) is 0.471. The molecule has 2 N–H and O–H groups in total. The third-order valence-corrected chi connectivity index (χ3v) is 3.85. The van der Waals surface area contributed by atoms with Gasteiger partial charge in [-0.3, -0.25) is 4.90 Å². The molecule has 1 heterocycles. The Bertz CT molecular complexity index is 521. The predicted molar refractivity (Wildman–Crippen MR) is 86.8 cm³/mol. The summed E-state index contributed by atoms with van der Waals surface area (Å²) in [6, 6.07) is 10.8. The van der Waals surface area contributed by atoms with Gasteiger partial charge in [-0.2, -0.15) is 0 Å². The van der Waals surface area contributed by atoms with Crippen LogP contribution in [-0.4, -0.2) is 27.5 Å². The van der Waals surface area contributed by atoms with Crippen molar-refractivity contribution >= 4 is 0 Å². The Kier molecular flexibility index (Phi) is 5.96. The molecule has 114 valence electrons. The van der Waals surface area contributed by atoms with Gasteiger partial charge in [0.05, 0.1) is 18.1 Å². The van der Waals surface area contributed by atoms with Crippen molar-refractivity contribution in [2.45, 2.75) is 39.4 Å². The van der Waals surface area contributed by atoms with Crippen molar-refractivity contribution in [3.63, 3.8) is 0 Å². The molecule has 0 saturated carbocycles. The third kappa shape index (κ3) is 3.93. The average molecular weight is 286 g/mol. The van der Waals surface area contributed by atoms with Gasteiger partial charge < -0.3 is 10.3 Å². The maximum Gasteiger partial charge on any atom is 0.0948 e. The van der Waals surface area contributed by atoms with E-state index in [0.717, 1.165) is 26.1 Å². The molecule has 1 atom stereocenters. The van der Waals surface area contributed by atoms with Gasteiger partial charge in [-0.05, 0) is 18.5 Å². The molecule has 0 amide bonds. The highest BCUT2D eigenvalue weighted by Crippen LogP contribution is 2.22. The van der Waals surface area contributed by atoms with Gasteiger partial charge in [0, 0.05) is 25.8 Å². The van der Waals surface area contributed by atoms with E-state index in [1.165, 1.54) is 11.3 Å². The number of nitrogens with zero attached hydrogens (tertiary/aromatic N) is 3. The van der Waals surface area contributed by atoms with Crippen LogP contribution in [0.2, 0.25) is 0 Å². The number of likely N-dealkylation sites (N-methyl/N-ethyl adjacent to an activating group) is 1. The van der Waals surface area contributed by atoms with E-state index in [1.807, 2.05) is 12.5 Å². The van der Waals surface area contributed by atoms with E-state index >= 15 is 0 Å². The van der Waals surface area contributed by atoms with Gasteiger partial charge in [0.2, 0.25) is 0 Å². The molecule has 2 aromatic rings. The number of rotatable bonds is 8. The summed E-state index contributed by atoms with van der Waals surface area (Å²) in [7, 11) is 0. The molecule has 0 aliphatic carbocycles. The number of aromatic nitrogens is 2. The summed E-state index contributed by atoms with van der Waals surface area (Å²) >= 11 is 0. The van der Waals surface area contributed by atoms with Crippen LogP contribution >= 0.6 is 0 Å². The van der Waals surface area contributed by atoms with E-state index in [9.17, 15) is 0 Å². The maximum atomic E-state index is 6.08. The van der Waals surface area contributed by atoms with E-state index in [4.69, 9.17) is 5.73 Å². The zero-order valence-electron chi connectivity index (χ0n) is 13.1. The minimum atomic E-state index is 0.212. The lowest BCUT2D eigenvalue weighted by Gasteiger charge is -2.30. The van der Waals surface area contributed by atoms with Gasteiger partial charge in [0.1, 0.15) is 0 Å². The Morgan fingerprint density at radius 1 is 1.24 bits per heavy atom. The molecule has 1 aromatic carbocycles. The first-order chi connectivity index (χ1) is 10.3. The molecule has 0 radical (unpaired) electrons. The Morgan fingerprint density at radius 3 is 2.62 bits per heavy atom. The Labute approximate surface area is 127 Å².